The Labute approximate surface area is 175 Å². The van der Waals surface area contributed by atoms with Crippen LogP contribution in [0.2, 0.25) is 5.02 Å². The van der Waals surface area contributed by atoms with Crippen LogP contribution in [0.15, 0.2) is 65.9 Å². The minimum absolute atomic E-state index is 0.0952. The number of halogens is 1. The fourth-order valence-corrected chi connectivity index (χ4v) is 3.35. The monoisotopic (exact) mass is 414 g/mol. The summed E-state index contributed by atoms with van der Waals surface area (Å²) in [6, 6.07) is 15.5. The van der Waals surface area contributed by atoms with Crippen molar-refractivity contribution in [1.29, 1.82) is 0 Å². The van der Waals surface area contributed by atoms with Crippen LogP contribution in [0.5, 0.6) is 5.75 Å². The Morgan fingerprint density at radius 2 is 1.79 bits per heavy atom. The van der Waals surface area contributed by atoms with E-state index < -0.39 is 12.0 Å². The summed E-state index contributed by atoms with van der Waals surface area (Å²) < 4.78 is 11.0. The third-order valence-corrected chi connectivity index (χ3v) is 4.92. The molecule has 2 aromatic carbocycles. The molecule has 1 heterocycles. The Bertz CT molecular complexity index is 897. The predicted octanol–water partition coefficient (Wildman–Crippen LogP) is 4.32. The lowest BCUT2D eigenvalue weighted by atomic mass is 9.95. The number of rotatable bonds is 7. The molecule has 0 bridgehead atoms. The maximum atomic E-state index is 12.9. The summed E-state index contributed by atoms with van der Waals surface area (Å²) in [5.41, 5.74) is 1.73. The van der Waals surface area contributed by atoms with E-state index >= 15 is 0 Å². The van der Waals surface area contributed by atoms with Gasteiger partial charge in [-0.05, 0) is 43.7 Å². The van der Waals surface area contributed by atoms with Gasteiger partial charge < -0.3 is 14.8 Å². The largest absolute Gasteiger partial charge is 0.490 e. The molecule has 7 heteroatoms. The van der Waals surface area contributed by atoms with Gasteiger partial charge in [0.15, 0.2) is 0 Å². The Balaban J connectivity index is 1.75. The summed E-state index contributed by atoms with van der Waals surface area (Å²) in [4.78, 5) is 26.9. The molecule has 2 aromatic rings. The van der Waals surface area contributed by atoms with Crippen molar-refractivity contribution >= 4 is 23.6 Å². The zero-order valence-corrected chi connectivity index (χ0v) is 17.1. The van der Waals surface area contributed by atoms with E-state index in [0.717, 1.165) is 5.56 Å². The van der Waals surface area contributed by atoms with Gasteiger partial charge in [0.25, 0.3) is 0 Å². The minimum atomic E-state index is -0.606. The first-order valence-corrected chi connectivity index (χ1v) is 9.78. The van der Waals surface area contributed by atoms with Crippen molar-refractivity contribution < 1.29 is 19.1 Å². The normalized spacial score (nSPS) is 16.4. The number of allylic oxidation sites excluding steroid dienone is 1. The van der Waals surface area contributed by atoms with Crippen molar-refractivity contribution in [3.05, 3.63) is 76.5 Å². The van der Waals surface area contributed by atoms with Crippen molar-refractivity contribution in [1.82, 2.24) is 10.2 Å². The minimum Gasteiger partial charge on any atom is -0.490 e. The van der Waals surface area contributed by atoms with Crippen molar-refractivity contribution in [2.75, 3.05) is 19.8 Å². The fraction of sp³-hybridized carbons (Fsp3) is 0.273. The Kier molecular flexibility index (Phi) is 6.77. The molecule has 2 amide bonds. The zero-order valence-electron chi connectivity index (χ0n) is 16.4. The quantitative estimate of drug-likeness (QED) is 0.541. The Hall–Kier alpha value is -2.99. The van der Waals surface area contributed by atoms with Gasteiger partial charge in [0.1, 0.15) is 19.0 Å². The van der Waals surface area contributed by atoms with E-state index in [9.17, 15) is 9.59 Å². The van der Waals surface area contributed by atoms with E-state index in [1.807, 2.05) is 37.3 Å². The van der Waals surface area contributed by atoms with Crippen LogP contribution in [0.4, 0.5) is 4.79 Å². The first-order valence-electron chi connectivity index (χ1n) is 9.40. The Morgan fingerprint density at radius 1 is 1.10 bits per heavy atom. The predicted molar refractivity (Wildman–Crippen MR) is 111 cm³/mol. The number of esters is 1. The molecule has 0 aliphatic carbocycles. The van der Waals surface area contributed by atoms with Crippen LogP contribution in [0.25, 0.3) is 0 Å². The lowest BCUT2D eigenvalue weighted by Crippen LogP contribution is -2.47. The molecule has 3 rings (SSSR count). The Morgan fingerprint density at radius 3 is 2.45 bits per heavy atom. The molecule has 152 valence electrons. The second-order valence-corrected chi connectivity index (χ2v) is 6.91. The van der Waals surface area contributed by atoms with Crippen molar-refractivity contribution in [2.24, 2.45) is 0 Å². The highest BCUT2D eigenvalue weighted by atomic mass is 35.5. The molecule has 0 radical (unpaired) electrons. The van der Waals surface area contributed by atoms with E-state index in [0.29, 0.717) is 28.6 Å². The van der Waals surface area contributed by atoms with Crippen LogP contribution >= 0.6 is 11.6 Å². The number of nitrogens with zero attached hydrogens (tertiary/aromatic N) is 1. The van der Waals surface area contributed by atoms with E-state index in [1.54, 1.807) is 31.2 Å². The van der Waals surface area contributed by atoms with Crippen LogP contribution in [0, 0.1) is 0 Å². The highest BCUT2D eigenvalue weighted by Crippen LogP contribution is 2.31. The van der Waals surface area contributed by atoms with Gasteiger partial charge in [-0.1, -0.05) is 41.9 Å². The van der Waals surface area contributed by atoms with Gasteiger partial charge in [0.05, 0.1) is 11.6 Å². The molecule has 0 aromatic heterocycles. The fourth-order valence-electron chi connectivity index (χ4n) is 3.22. The standard InChI is InChI=1S/C22H23ClN2O4/c1-3-25-15(2)19(20(24-22(25)27)16-9-11-17(23)12-10-16)21(26)29-14-13-28-18-7-5-4-6-8-18/h4-12,20H,3,13-14H2,1-2H3,(H,24,27). The summed E-state index contributed by atoms with van der Waals surface area (Å²) in [7, 11) is 0. The third-order valence-electron chi connectivity index (χ3n) is 4.66. The number of para-hydroxylation sites is 1. The highest BCUT2D eigenvalue weighted by Gasteiger charge is 2.35. The smallest absolute Gasteiger partial charge is 0.338 e. The molecule has 0 saturated heterocycles. The van der Waals surface area contributed by atoms with E-state index in [-0.39, 0.29) is 19.2 Å². The van der Waals surface area contributed by atoms with Crippen LogP contribution < -0.4 is 10.1 Å². The van der Waals surface area contributed by atoms with Crippen molar-refractivity contribution in [2.45, 2.75) is 19.9 Å². The van der Waals surface area contributed by atoms with E-state index in [4.69, 9.17) is 21.1 Å². The molecule has 0 fully saturated rings. The first kappa shape index (κ1) is 20.7. The molecule has 1 aliphatic rings. The lowest BCUT2D eigenvalue weighted by Gasteiger charge is -2.34. The van der Waals surface area contributed by atoms with Gasteiger partial charge in [-0.15, -0.1) is 0 Å². The summed E-state index contributed by atoms with van der Waals surface area (Å²) >= 11 is 5.97. The van der Waals surface area contributed by atoms with Gasteiger partial charge in [-0.3, -0.25) is 4.90 Å². The number of carbonyl (C=O) groups is 2. The highest BCUT2D eigenvalue weighted by molar-refractivity contribution is 6.30. The number of amides is 2. The number of urea groups is 1. The second kappa shape index (κ2) is 9.47. The topological polar surface area (TPSA) is 67.9 Å². The lowest BCUT2D eigenvalue weighted by molar-refractivity contribution is -0.140. The van der Waals surface area contributed by atoms with Gasteiger partial charge in [-0.25, -0.2) is 9.59 Å². The molecule has 1 N–H and O–H groups in total. The molecule has 6 nitrogen and oxygen atoms in total. The molecule has 0 saturated carbocycles. The third kappa shape index (κ3) is 4.90. The maximum Gasteiger partial charge on any atom is 0.338 e. The first-order chi connectivity index (χ1) is 14.0. The number of hydrogen-bond donors (Lipinski definition) is 1. The van der Waals surface area contributed by atoms with E-state index in [2.05, 4.69) is 5.32 Å². The molecule has 0 spiro atoms. The molecule has 1 unspecified atom stereocenters. The molecular formula is C22H23ClN2O4. The molecular weight excluding hydrogens is 392 g/mol. The van der Waals surface area contributed by atoms with Gasteiger partial charge >= 0.3 is 12.0 Å². The SMILES string of the molecule is CCN1C(=O)NC(c2ccc(Cl)cc2)C(C(=O)OCCOc2ccccc2)=C1C. The van der Waals surface area contributed by atoms with Crippen LogP contribution in [0.3, 0.4) is 0 Å². The van der Waals surface area contributed by atoms with Crippen LogP contribution in [-0.2, 0) is 9.53 Å². The van der Waals surface area contributed by atoms with Gasteiger partial charge in [0.2, 0.25) is 0 Å². The summed E-state index contributed by atoms with van der Waals surface area (Å²) in [6.07, 6.45) is 0. The van der Waals surface area contributed by atoms with E-state index in [1.165, 1.54) is 4.90 Å². The second-order valence-electron chi connectivity index (χ2n) is 6.47. The maximum absolute atomic E-state index is 12.9. The van der Waals surface area contributed by atoms with Crippen molar-refractivity contribution in [3.8, 4) is 5.75 Å². The summed E-state index contributed by atoms with van der Waals surface area (Å²) in [5, 5.41) is 3.46. The number of nitrogens with one attached hydrogen (secondary N) is 1. The van der Waals surface area contributed by atoms with Gasteiger partial charge in [0, 0.05) is 17.3 Å². The summed E-state index contributed by atoms with van der Waals surface area (Å²) in [6.45, 7) is 4.37. The molecule has 1 atom stereocenters. The van der Waals surface area contributed by atoms with Gasteiger partial charge in [-0.2, -0.15) is 0 Å². The number of benzene rings is 2. The number of carbonyl (C=O) groups excluding carboxylic acids is 2. The number of ether oxygens (including phenoxy) is 2. The summed E-state index contributed by atoms with van der Waals surface area (Å²) in [5.74, 6) is 0.220. The zero-order chi connectivity index (χ0) is 20.8. The van der Waals surface area contributed by atoms with Crippen LogP contribution in [-0.4, -0.2) is 36.7 Å². The average molecular weight is 415 g/mol. The van der Waals surface area contributed by atoms with Crippen molar-refractivity contribution in [3.63, 3.8) is 0 Å². The molecule has 29 heavy (non-hydrogen) atoms. The number of hydrogen-bond acceptors (Lipinski definition) is 4. The van der Waals surface area contributed by atoms with Crippen LogP contribution in [0.1, 0.15) is 25.5 Å². The average Bonchev–Trinajstić information content (AvgIpc) is 2.72. The molecule has 1 aliphatic heterocycles.